The van der Waals surface area contributed by atoms with E-state index in [2.05, 4.69) is 21.8 Å². The highest BCUT2D eigenvalue weighted by Gasteiger charge is 2.32. The molecule has 0 spiro atoms. The normalized spacial score (nSPS) is 24.4. The molecule has 3 heterocycles. The molecule has 1 amide bonds. The maximum absolute atomic E-state index is 12.5. The average molecular weight is 290 g/mol. The molecule has 6 heteroatoms. The highest BCUT2D eigenvalue weighted by molar-refractivity contribution is 5.96. The largest absolute Gasteiger partial charge is 0.505 e. The summed E-state index contributed by atoms with van der Waals surface area (Å²) in [6.45, 7) is 5.85. The third-order valence-electron chi connectivity index (χ3n) is 4.54. The second kappa shape index (κ2) is 5.99. The molecule has 0 aliphatic carbocycles. The minimum atomic E-state index is -0.0912. The van der Waals surface area contributed by atoms with Crippen molar-refractivity contribution in [1.82, 2.24) is 19.7 Å². The lowest BCUT2D eigenvalue weighted by Crippen LogP contribution is -2.50. The second-order valence-electron chi connectivity index (χ2n) is 5.93. The number of likely N-dealkylation sites (N-methyl/N-ethyl adjacent to an activating group) is 1. The van der Waals surface area contributed by atoms with Gasteiger partial charge in [-0.05, 0) is 19.5 Å². The summed E-state index contributed by atoms with van der Waals surface area (Å²) in [5.74, 6) is -0.128. The molecule has 114 valence electrons. The van der Waals surface area contributed by atoms with Crippen LogP contribution in [0.15, 0.2) is 18.5 Å². The van der Waals surface area contributed by atoms with Gasteiger partial charge >= 0.3 is 0 Å². The van der Waals surface area contributed by atoms with Crippen LogP contribution in [0, 0.1) is 0 Å². The fourth-order valence-corrected chi connectivity index (χ4v) is 3.15. The molecule has 6 nitrogen and oxygen atoms in total. The molecule has 2 fully saturated rings. The first-order chi connectivity index (χ1) is 10.1. The minimum absolute atomic E-state index is 0.0365. The third kappa shape index (κ3) is 3.01. The molecule has 0 radical (unpaired) electrons. The number of likely N-dealkylation sites (tertiary alicyclic amines) is 1. The van der Waals surface area contributed by atoms with Crippen molar-refractivity contribution in [3.8, 4) is 5.75 Å². The van der Waals surface area contributed by atoms with E-state index in [4.69, 9.17) is 0 Å². The molecular formula is C15H22N4O2. The first-order valence-electron chi connectivity index (χ1n) is 7.50. The van der Waals surface area contributed by atoms with Gasteiger partial charge in [0.2, 0.25) is 0 Å². The van der Waals surface area contributed by atoms with Gasteiger partial charge in [0.05, 0.1) is 11.8 Å². The van der Waals surface area contributed by atoms with Gasteiger partial charge in [0.25, 0.3) is 5.91 Å². The highest BCUT2D eigenvalue weighted by atomic mass is 16.3. The van der Waals surface area contributed by atoms with Crippen molar-refractivity contribution in [2.45, 2.75) is 12.5 Å². The van der Waals surface area contributed by atoms with Gasteiger partial charge in [0.1, 0.15) is 5.75 Å². The Hall–Kier alpha value is -1.66. The van der Waals surface area contributed by atoms with E-state index in [0.29, 0.717) is 11.6 Å². The summed E-state index contributed by atoms with van der Waals surface area (Å²) in [5.41, 5.74) is 0.351. The van der Waals surface area contributed by atoms with Crippen molar-refractivity contribution in [1.29, 1.82) is 0 Å². The fraction of sp³-hybridized carbons (Fsp3) is 0.600. The summed E-state index contributed by atoms with van der Waals surface area (Å²) in [5, 5.41) is 9.76. The molecule has 2 aliphatic heterocycles. The fourth-order valence-electron chi connectivity index (χ4n) is 3.15. The lowest BCUT2D eigenvalue weighted by molar-refractivity contribution is 0.0752. The van der Waals surface area contributed by atoms with Crippen LogP contribution in [-0.4, -0.2) is 83.1 Å². The Bertz CT molecular complexity index is 514. The van der Waals surface area contributed by atoms with Gasteiger partial charge in [-0.2, -0.15) is 0 Å². The summed E-state index contributed by atoms with van der Waals surface area (Å²) in [6, 6.07) is 2.03. The number of nitrogens with zero attached hydrogens (tertiary/aromatic N) is 4. The van der Waals surface area contributed by atoms with Crippen LogP contribution in [0.1, 0.15) is 16.8 Å². The molecule has 1 atom stereocenters. The molecule has 2 saturated heterocycles. The number of hydrogen-bond donors (Lipinski definition) is 1. The molecule has 0 bridgehead atoms. The highest BCUT2D eigenvalue weighted by Crippen LogP contribution is 2.22. The Kier molecular flexibility index (Phi) is 4.07. The van der Waals surface area contributed by atoms with Crippen LogP contribution in [0.3, 0.4) is 0 Å². The Morgan fingerprint density at radius 3 is 2.76 bits per heavy atom. The molecule has 1 unspecified atom stereocenters. The Labute approximate surface area is 125 Å². The molecule has 2 aliphatic rings. The molecule has 1 aromatic rings. The predicted octanol–water partition coefficient (Wildman–Crippen LogP) is 0.249. The van der Waals surface area contributed by atoms with E-state index in [1.54, 1.807) is 12.3 Å². The topological polar surface area (TPSA) is 59.9 Å². The van der Waals surface area contributed by atoms with Crippen LogP contribution < -0.4 is 0 Å². The summed E-state index contributed by atoms with van der Waals surface area (Å²) in [7, 11) is 2.15. The molecule has 1 N–H and O–H groups in total. The Morgan fingerprint density at radius 1 is 1.29 bits per heavy atom. The predicted molar refractivity (Wildman–Crippen MR) is 79.3 cm³/mol. The lowest BCUT2D eigenvalue weighted by atomic mass is 10.2. The van der Waals surface area contributed by atoms with Gasteiger partial charge in [-0.25, -0.2) is 0 Å². The first-order valence-corrected chi connectivity index (χ1v) is 7.50. The van der Waals surface area contributed by atoms with Crippen LogP contribution in [-0.2, 0) is 0 Å². The van der Waals surface area contributed by atoms with Crippen molar-refractivity contribution in [3.05, 3.63) is 24.0 Å². The van der Waals surface area contributed by atoms with Gasteiger partial charge in [0.15, 0.2) is 0 Å². The SMILES string of the molecule is CN1CCN(C2CCN(C(=O)c3ccncc3O)C2)CC1. The second-order valence-corrected chi connectivity index (χ2v) is 5.93. The molecule has 21 heavy (non-hydrogen) atoms. The van der Waals surface area contributed by atoms with Gasteiger partial charge in [0, 0.05) is 51.5 Å². The van der Waals surface area contributed by atoms with Crippen LogP contribution >= 0.6 is 0 Å². The Balaban J connectivity index is 1.62. The summed E-state index contributed by atoms with van der Waals surface area (Å²) in [4.78, 5) is 22.9. The number of aromatic nitrogens is 1. The van der Waals surface area contributed by atoms with Crippen molar-refractivity contribution in [2.24, 2.45) is 0 Å². The minimum Gasteiger partial charge on any atom is -0.505 e. The molecule has 3 rings (SSSR count). The van der Waals surface area contributed by atoms with Crippen LogP contribution in [0.2, 0.25) is 0 Å². The van der Waals surface area contributed by atoms with Gasteiger partial charge in [-0.1, -0.05) is 0 Å². The van der Waals surface area contributed by atoms with Crippen molar-refractivity contribution >= 4 is 5.91 Å². The number of carbonyl (C=O) groups excluding carboxylic acids is 1. The summed E-state index contributed by atoms with van der Waals surface area (Å²) < 4.78 is 0. The number of hydrogen-bond acceptors (Lipinski definition) is 5. The summed E-state index contributed by atoms with van der Waals surface area (Å²) >= 11 is 0. The van der Waals surface area contributed by atoms with E-state index < -0.39 is 0 Å². The van der Waals surface area contributed by atoms with E-state index in [0.717, 1.165) is 45.7 Å². The monoisotopic (exact) mass is 290 g/mol. The van der Waals surface area contributed by atoms with Crippen LogP contribution in [0.4, 0.5) is 0 Å². The van der Waals surface area contributed by atoms with E-state index in [-0.39, 0.29) is 11.7 Å². The van der Waals surface area contributed by atoms with Crippen LogP contribution in [0.25, 0.3) is 0 Å². The third-order valence-corrected chi connectivity index (χ3v) is 4.54. The number of amides is 1. The average Bonchev–Trinajstić information content (AvgIpc) is 2.98. The zero-order valence-corrected chi connectivity index (χ0v) is 12.4. The van der Waals surface area contributed by atoms with E-state index in [1.807, 2.05) is 4.90 Å². The van der Waals surface area contributed by atoms with Crippen molar-refractivity contribution in [2.75, 3.05) is 46.3 Å². The van der Waals surface area contributed by atoms with Crippen molar-refractivity contribution < 1.29 is 9.90 Å². The van der Waals surface area contributed by atoms with E-state index in [9.17, 15) is 9.90 Å². The number of rotatable bonds is 2. The Morgan fingerprint density at radius 2 is 2.05 bits per heavy atom. The molecule has 1 aromatic heterocycles. The van der Waals surface area contributed by atoms with Crippen molar-refractivity contribution in [3.63, 3.8) is 0 Å². The quantitative estimate of drug-likeness (QED) is 0.846. The van der Waals surface area contributed by atoms with Gasteiger partial charge in [-0.3, -0.25) is 14.7 Å². The number of pyridine rings is 1. The zero-order chi connectivity index (χ0) is 14.8. The lowest BCUT2D eigenvalue weighted by Gasteiger charge is -2.36. The standard InChI is InChI=1S/C15H22N4O2/c1-17-6-8-18(9-7-17)12-3-5-19(11-12)15(21)13-2-4-16-10-14(13)20/h2,4,10,12,20H,3,5-9,11H2,1H3. The molecular weight excluding hydrogens is 268 g/mol. The molecule has 0 aromatic carbocycles. The first kappa shape index (κ1) is 14.3. The van der Waals surface area contributed by atoms with Gasteiger partial charge in [-0.15, -0.1) is 0 Å². The number of aromatic hydroxyl groups is 1. The zero-order valence-electron chi connectivity index (χ0n) is 12.4. The number of piperazine rings is 1. The summed E-state index contributed by atoms with van der Waals surface area (Å²) in [6.07, 6.45) is 3.88. The number of carbonyl (C=O) groups is 1. The van der Waals surface area contributed by atoms with E-state index >= 15 is 0 Å². The smallest absolute Gasteiger partial charge is 0.257 e. The maximum atomic E-state index is 12.5. The maximum Gasteiger partial charge on any atom is 0.257 e. The van der Waals surface area contributed by atoms with E-state index in [1.165, 1.54) is 6.20 Å². The molecule has 0 saturated carbocycles. The van der Waals surface area contributed by atoms with Gasteiger partial charge < -0.3 is 14.9 Å². The van der Waals surface area contributed by atoms with Crippen LogP contribution in [0.5, 0.6) is 5.75 Å².